The molecule has 4 aliphatic rings. The number of ether oxygens (including phenoxy) is 2. The van der Waals surface area contributed by atoms with Crippen molar-refractivity contribution in [2.75, 3.05) is 13.7 Å². The van der Waals surface area contributed by atoms with Crippen LogP contribution in [0.2, 0.25) is 0 Å². The molecule has 6 nitrogen and oxygen atoms in total. The lowest BCUT2D eigenvalue weighted by molar-refractivity contribution is -0.143. The molecule has 6 heteroatoms. The smallest absolute Gasteiger partial charge is 0.309 e. The third-order valence-electron chi connectivity index (χ3n) is 10.9. The summed E-state index contributed by atoms with van der Waals surface area (Å²) in [6.07, 6.45) is 5.05. The van der Waals surface area contributed by atoms with E-state index in [9.17, 15) is 14.4 Å². The summed E-state index contributed by atoms with van der Waals surface area (Å²) in [5, 5.41) is 0. The second-order valence-corrected chi connectivity index (χ2v) is 13.8. The summed E-state index contributed by atoms with van der Waals surface area (Å²) in [5.41, 5.74) is 6.95. The normalized spacial score (nSPS) is 23.2. The van der Waals surface area contributed by atoms with Crippen molar-refractivity contribution in [1.29, 1.82) is 0 Å². The van der Waals surface area contributed by atoms with E-state index < -0.39 is 17.3 Å². The number of esters is 1. The van der Waals surface area contributed by atoms with Crippen LogP contribution in [0.25, 0.3) is 0 Å². The average molecular weight is 654 g/mol. The van der Waals surface area contributed by atoms with Gasteiger partial charge in [-0.3, -0.25) is 19.3 Å². The molecule has 4 atom stereocenters. The van der Waals surface area contributed by atoms with Crippen LogP contribution < -0.4 is 0 Å². The Morgan fingerprint density at radius 2 is 1.49 bits per heavy atom. The number of methoxy groups -OCH3 is 1. The van der Waals surface area contributed by atoms with Crippen molar-refractivity contribution in [2.45, 2.75) is 57.1 Å². The molecule has 2 amide bonds. The number of likely N-dealkylation sites (tertiary alicyclic amines) is 1. The first-order chi connectivity index (χ1) is 23.8. The Morgan fingerprint density at radius 3 is 2.14 bits per heavy atom. The van der Waals surface area contributed by atoms with E-state index >= 15 is 0 Å². The van der Waals surface area contributed by atoms with Crippen molar-refractivity contribution in [3.8, 4) is 0 Å². The van der Waals surface area contributed by atoms with Crippen molar-refractivity contribution >= 4 is 17.8 Å². The number of hydrogen-bond donors (Lipinski definition) is 0. The lowest BCUT2D eigenvalue weighted by atomic mass is 9.46. The zero-order valence-electron chi connectivity index (χ0n) is 28.4. The van der Waals surface area contributed by atoms with Gasteiger partial charge < -0.3 is 9.47 Å². The third kappa shape index (κ3) is 5.72. The van der Waals surface area contributed by atoms with Crippen LogP contribution in [0.4, 0.5) is 0 Å². The number of rotatable bonds is 12. The number of amides is 2. The summed E-state index contributed by atoms with van der Waals surface area (Å²) >= 11 is 0. The summed E-state index contributed by atoms with van der Waals surface area (Å²) in [6.45, 7) is 4.59. The Balaban J connectivity index is 1.10. The number of carbonyl (C=O) groups is 3. The molecule has 2 bridgehead atoms. The number of nitrogens with zero attached hydrogens (tertiary/aromatic N) is 1. The molecule has 0 radical (unpaired) electrons. The second-order valence-electron chi connectivity index (χ2n) is 13.8. The number of hydrogen-bond acceptors (Lipinski definition) is 5. The molecule has 8 rings (SSSR count). The molecule has 2 unspecified atom stereocenters. The van der Waals surface area contributed by atoms with E-state index in [2.05, 4.69) is 31.2 Å². The summed E-state index contributed by atoms with van der Waals surface area (Å²) < 4.78 is 11.5. The molecule has 1 aliphatic heterocycles. The van der Waals surface area contributed by atoms with Crippen molar-refractivity contribution in [2.24, 2.45) is 17.8 Å². The molecular weight excluding hydrogens is 610 g/mol. The van der Waals surface area contributed by atoms with Crippen LogP contribution in [0.3, 0.4) is 0 Å². The van der Waals surface area contributed by atoms with Gasteiger partial charge in [0.2, 0.25) is 11.8 Å². The van der Waals surface area contributed by atoms with Crippen LogP contribution in [-0.2, 0) is 35.8 Å². The van der Waals surface area contributed by atoms with Gasteiger partial charge in [-0.1, -0.05) is 128 Å². The van der Waals surface area contributed by atoms with Gasteiger partial charge in [0.15, 0.2) is 0 Å². The quantitative estimate of drug-likeness (QED) is 0.0675. The van der Waals surface area contributed by atoms with Gasteiger partial charge in [0, 0.05) is 24.4 Å². The first-order valence-electron chi connectivity index (χ1n) is 17.3. The van der Waals surface area contributed by atoms with Gasteiger partial charge in [0.1, 0.15) is 0 Å². The van der Waals surface area contributed by atoms with E-state index in [0.717, 1.165) is 38.9 Å². The molecule has 49 heavy (non-hydrogen) atoms. The van der Waals surface area contributed by atoms with Crippen LogP contribution >= 0.6 is 0 Å². The Morgan fingerprint density at radius 1 is 0.857 bits per heavy atom. The van der Waals surface area contributed by atoms with Gasteiger partial charge in [-0.2, -0.15) is 0 Å². The lowest BCUT2D eigenvalue weighted by Crippen LogP contribution is -2.53. The minimum Gasteiger partial charge on any atom is -0.465 e. The van der Waals surface area contributed by atoms with Crippen LogP contribution in [0, 0.1) is 24.7 Å². The topological polar surface area (TPSA) is 72.9 Å². The first kappa shape index (κ1) is 32.7. The fourth-order valence-corrected chi connectivity index (χ4v) is 8.82. The predicted molar refractivity (Wildman–Crippen MR) is 189 cm³/mol. The Hall–Kier alpha value is -4.81. The fraction of sp³-hybridized carbons (Fsp3) is 0.326. The van der Waals surface area contributed by atoms with Crippen LogP contribution in [0.5, 0.6) is 0 Å². The number of imide groups is 1. The SMILES string of the molecule is CO[C@H](c1ccccc1)[C@H](C)/C=C/CC(=O)OCCCC12c3ccccc3C(c3ccccc31)C1C(=O)N(Cc3ccc(C)cc3)C(=O)C12. The summed E-state index contributed by atoms with van der Waals surface area (Å²) in [6, 6.07) is 34.7. The van der Waals surface area contributed by atoms with E-state index in [1.807, 2.05) is 97.9 Å². The molecule has 1 heterocycles. The molecule has 0 N–H and O–H groups in total. The van der Waals surface area contributed by atoms with E-state index in [-0.39, 0.29) is 55.3 Å². The third-order valence-corrected chi connectivity index (χ3v) is 10.9. The average Bonchev–Trinajstić information content (AvgIpc) is 3.38. The fourth-order valence-electron chi connectivity index (χ4n) is 8.82. The highest BCUT2D eigenvalue weighted by molar-refractivity contribution is 6.08. The molecule has 4 aromatic carbocycles. The van der Waals surface area contributed by atoms with Crippen molar-refractivity contribution < 1.29 is 23.9 Å². The molecule has 1 fully saturated rings. The molecule has 1 saturated heterocycles. The highest BCUT2D eigenvalue weighted by Crippen LogP contribution is 2.65. The molecular formula is C43H43NO5. The maximum atomic E-state index is 14.5. The van der Waals surface area contributed by atoms with Gasteiger partial charge in [-0.25, -0.2) is 0 Å². The zero-order chi connectivity index (χ0) is 34.1. The number of carbonyl (C=O) groups excluding carboxylic acids is 3. The summed E-state index contributed by atoms with van der Waals surface area (Å²) in [5.74, 6) is -1.58. The predicted octanol–water partition coefficient (Wildman–Crippen LogP) is 7.83. The van der Waals surface area contributed by atoms with Gasteiger partial charge >= 0.3 is 5.97 Å². The Labute approximate surface area is 288 Å². The maximum Gasteiger partial charge on any atom is 0.309 e. The standard InChI is InChI=1S/C43H43NO5/c1-28-21-23-30(24-22-28)27-44-41(46)38-37-32-16-7-9-18-34(32)43(39(38)42(44)47,35-19-10-8-17-33(35)37)25-12-26-49-36(45)20-11-13-29(2)40(48-3)31-14-5-4-6-15-31/h4-11,13-19,21-24,29,37-40H,12,20,25-27H2,1-3H3/b13-11+/t29-,37?,38?,39?,40+,43?/m1/s1. The van der Waals surface area contributed by atoms with Crippen LogP contribution in [0.1, 0.15) is 77.2 Å². The Kier molecular flexibility index (Phi) is 9.08. The maximum absolute atomic E-state index is 14.5. The second kappa shape index (κ2) is 13.6. The highest BCUT2D eigenvalue weighted by atomic mass is 16.5. The van der Waals surface area contributed by atoms with Crippen molar-refractivity contribution in [1.82, 2.24) is 4.90 Å². The molecule has 0 saturated carbocycles. The first-order valence-corrected chi connectivity index (χ1v) is 17.3. The van der Waals surface area contributed by atoms with E-state index in [1.54, 1.807) is 7.11 Å². The van der Waals surface area contributed by atoms with Crippen molar-refractivity contribution in [3.63, 3.8) is 0 Å². The van der Waals surface area contributed by atoms with Crippen LogP contribution in [-0.4, -0.2) is 36.4 Å². The van der Waals surface area contributed by atoms with E-state index in [0.29, 0.717) is 12.8 Å². The minimum absolute atomic E-state index is 0.0750. The summed E-state index contributed by atoms with van der Waals surface area (Å²) in [7, 11) is 1.70. The van der Waals surface area contributed by atoms with Gasteiger partial charge in [-0.05, 0) is 53.1 Å². The lowest BCUT2D eigenvalue weighted by Gasteiger charge is -2.54. The van der Waals surface area contributed by atoms with Gasteiger partial charge in [0.25, 0.3) is 0 Å². The molecule has 0 aromatic heterocycles. The van der Waals surface area contributed by atoms with Crippen molar-refractivity contribution in [3.05, 3.63) is 154 Å². The zero-order valence-corrected chi connectivity index (χ0v) is 28.4. The molecule has 3 aliphatic carbocycles. The van der Waals surface area contributed by atoms with Gasteiger partial charge in [0.05, 0.1) is 37.5 Å². The largest absolute Gasteiger partial charge is 0.465 e. The van der Waals surface area contributed by atoms with E-state index in [4.69, 9.17) is 9.47 Å². The number of benzene rings is 4. The van der Waals surface area contributed by atoms with Crippen LogP contribution in [0.15, 0.2) is 115 Å². The molecule has 4 aromatic rings. The number of aryl methyl sites for hydroxylation is 1. The van der Waals surface area contributed by atoms with Gasteiger partial charge in [-0.15, -0.1) is 0 Å². The minimum atomic E-state index is -0.699. The monoisotopic (exact) mass is 653 g/mol. The summed E-state index contributed by atoms with van der Waals surface area (Å²) in [4.78, 5) is 43.2. The molecule has 250 valence electrons. The molecule has 0 spiro atoms. The van der Waals surface area contributed by atoms with E-state index in [1.165, 1.54) is 4.90 Å². The highest BCUT2D eigenvalue weighted by Gasteiger charge is 2.67. The Bertz CT molecular complexity index is 1830.